The fraction of sp³-hybridized carbons (Fsp3) is 0.333. The van der Waals surface area contributed by atoms with Gasteiger partial charge < -0.3 is 9.88 Å². The van der Waals surface area contributed by atoms with Crippen LogP contribution < -0.4 is 5.32 Å². The third kappa shape index (κ3) is 4.38. The lowest BCUT2D eigenvalue weighted by Gasteiger charge is -2.17. The summed E-state index contributed by atoms with van der Waals surface area (Å²) in [5.74, 6) is 2.30. The van der Waals surface area contributed by atoms with E-state index in [1.54, 1.807) is 0 Å². The highest BCUT2D eigenvalue weighted by Crippen LogP contribution is 2.35. The van der Waals surface area contributed by atoms with Gasteiger partial charge in [-0.05, 0) is 56.2 Å². The Hall–Kier alpha value is -3.54. The van der Waals surface area contributed by atoms with Crippen molar-refractivity contribution in [1.29, 1.82) is 0 Å². The Labute approximate surface area is 194 Å². The first-order valence-electron chi connectivity index (χ1n) is 11.7. The normalized spacial score (nSPS) is 14.4. The fourth-order valence-corrected chi connectivity index (χ4v) is 4.36. The zero-order valence-corrected chi connectivity index (χ0v) is 19.4. The third-order valence-corrected chi connectivity index (χ3v) is 6.47. The van der Waals surface area contributed by atoms with Crippen LogP contribution in [-0.2, 0) is 13.0 Å². The Balaban J connectivity index is 1.69. The van der Waals surface area contributed by atoms with Crippen LogP contribution in [0.2, 0.25) is 0 Å². The van der Waals surface area contributed by atoms with E-state index in [1.807, 2.05) is 6.07 Å². The van der Waals surface area contributed by atoms with Gasteiger partial charge in [-0.3, -0.25) is 4.79 Å². The average molecular weight is 440 g/mol. The minimum absolute atomic E-state index is 0.153. The number of aryl methyl sites for hydroxylation is 2. The first-order chi connectivity index (χ1) is 16.1. The number of hydrogen-bond acceptors (Lipinski definition) is 5. The minimum Gasteiger partial charge on any atom is -0.365 e. The molecule has 5 rings (SSSR count). The van der Waals surface area contributed by atoms with E-state index in [0.29, 0.717) is 30.2 Å². The molecule has 1 N–H and O–H groups in total. The van der Waals surface area contributed by atoms with E-state index in [2.05, 4.69) is 83.1 Å². The molecule has 4 aromatic rings. The van der Waals surface area contributed by atoms with Gasteiger partial charge >= 0.3 is 0 Å². The molecule has 1 aliphatic rings. The first kappa shape index (κ1) is 21.3. The monoisotopic (exact) mass is 439 g/mol. The molecule has 0 saturated heterocycles. The van der Waals surface area contributed by atoms with Gasteiger partial charge in [-0.25, -0.2) is 15.0 Å². The van der Waals surface area contributed by atoms with Crippen molar-refractivity contribution < 1.29 is 4.79 Å². The van der Waals surface area contributed by atoms with E-state index in [0.717, 1.165) is 23.3 Å². The molecule has 6 nitrogen and oxygen atoms in total. The van der Waals surface area contributed by atoms with Gasteiger partial charge in [0.25, 0.3) is 0 Å². The fourth-order valence-electron chi connectivity index (χ4n) is 4.36. The molecular weight excluding hydrogens is 410 g/mol. The molecule has 2 aromatic heterocycles. The molecule has 0 bridgehead atoms. The van der Waals surface area contributed by atoms with Crippen LogP contribution in [0.5, 0.6) is 0 Å². The number of benzene rings is 2. The molecule has 1 fully saturated rings. The molecule has 0 aliphatic heterocycles. The van der Waals surface area contributed by atoms with Crippen molar-refractivity contribution in [2.45, 2.75) is 52.6 Å². The lowest BCUT2D eigenvalue weighted by molar-refractivity contribution is 0.111. The van der Waals surface area contributed by atoms with Crippen LogP contribution in [0, 0.1) is 12.8 Å². The SMILES string of the molecule is CCc1ccc(Cn2c(-c3cccc(C)c3)nc3nc(C=O)nc(NC(C)C4CC4)c32)cc1. The van der Waals surface area contributed by atoms with Crippen molar-refractivity contribution in [2.24, 2.45) is 5.92 Å². The second kappa shape index (κ2) is 8.77. The number of nitrogens with zero attached hydrogens (tertiary/aromatic N) is 4. The van der Waals surface area contributed by atoms with Crippen molar-refractivity contribution in [3.05, 3.63) is 71.0 Å². The molecule has 0 amide bonds. The number of rotatable bonds is 8. The number of nitrogens with one attached hydrogen (secondary N) is 1. The highest BCUT2D eigenvalue weighted by molar-refractivity contribution is 5.89. The van der Waals surface area contributed by atoms with Crippen LogP contribution in [0.25, 0.3) is 22.6 Å². The zero-order chi connectivity index (χ0) is 22.9. The van der Waals surface area contributed by atoms with Gasteiger partial charge in [0.15, 0.2) is 23.6 Å². The summed E-state index contributed by atoms with van der Waals surface area (Å²) in [5.41, 5.74) is 6.06. The van der Waals surface area contributed by atoms with E-state index >= 15 is 0 Å². The van der Waals surface area contributed by atoms with Crippen molar-refractivity contribution >= 4 is 23.3 Å². The van der Waals surface area contributed by atoms with Crippen LogP contribution in [0.15, 0.2) is 48.5 Å². The van der Waals surface area contributed by atoms with Crippen LogP contribution in [-0.4, -0.2) is 31.8 Å². The zero-order valence-electron chi connectivity index (χ0n) is 19.4. The maximum Gasteiger partial charge on any atom is 0.196 e. The highest BCUT2D eigenvalue weighted by Gasteiger charge is 2.29. The summed E-state index contributed by atoms with van der Waals surface area (Å²) >= 11 is 0. The van der Waals surface area contributed by atoms with Gasteiger partial charge in [0, 0.05) is 18.2 Å². The maximum absolute atomic E-state index is 11.6. The Morgan fingerprint density at radius 3 is 2.52 bits per heavy atom. The smallest absolute Gasteiger partial charge is 0.196 e. The van der Waals surface area contributed by atoms with Crippen molar-refractivity contribution in [1.82, 2.24) is 19.5 Å². The molecular formula is C27H29N5O. The molecule has 0 spiro atoms. The lowest BCUT2D eigenvalue weighted by Crippen LogP contribution is -2.20. The summed E-state index contributed by atoms with van der Waals surface area (Å²) in [6.07, 6.45) is 4.15. The topological polar surface area (TPSA) is 72.7 Å². The predicted molar refractivity (Wildman–Crippen MR) is 132 cm³/mol. The molecule has 2 heterocycles. The van der Waals surface area contributed by atoms with Crippen LogP contribution in [0.3, 0.4) is 0 Å². The Bertz CT molecular complexity index is 1300. The van der Waals surface area contributed by atoms with Gasteiger partial charge in [-0.2, -0.15) is 0 Å². The Kier molecular flexibility index (Phi) is 5.67. The largest absolute Gasteiger partial charge is 0.365 e. The quantitative estimate of drug-likeness (QED) is 0.370. The molecule has 2 aromatic carbocycles. The van der Waals surface area contributed by atoms with E-state index < -0.39 is 0 Å². The molecule has 1 atom stereocenters. The summed E-state index contributed by atoms with van der Waals surface area (Å²) in [6.45, 7) is 7.06. The average Bonchev–Trinajstić information content (AvgIpc) is 3.62. The number of carbonyl (C=O) groups is 1. The highest BCUT2D eigenvalue weighted by atomic mass is 16.1. The summed E-state index contributed by atoms with van der Waals surface area (Å²) in [6, 6.07) is 17.3. The maximum atomic E-state index is 11.6. The number of fused-ring (bicyclic) bond motifs is 1. The van der Waals surface area contributed by atoms with E-state index in [9.17, 15) is 4.79 Å². The van der Waals surface area contributed by atoms with Gasteiger partial charge in [-0.15, -0.1) is 0 Å². The van der Waals surface area contributed by atoms with Crippen LogP contribution in [0.1, 0.15) is 54.0 Å². The van der Waals surface area contributed by atoms with E-state index in [-0.39, 0.29) is 11.9 Å². The van der Waals surface area contributed by atoms with Gasteiger partial charge in [0.2, 0.25) is 0 Å². The van der Waals surface area contributed by atoms with Crippen molar-refractivity contribution in [3.63, 3.8) is 0 Å². The van der Waals surface area contributed by atoms with Crippen LogP contribution >= 0.6 is 0 Å². The summed E-state index contributed by atoms with van der Waals surface area (Å²) < 4.78 is 2.18. The van der Waals surface area contributed by atoms with E-state index in [1.165, 1.54) is 29.5 Å². The molecule has 168 valence electrons. The van der Waals surface area contributed by atoms with Gasteiger partial charge in [0.1, 0.15) is 11.3 Å². The predicted octanol–water partition coefficient (Wildman–Crippen LogP) is 5.44. The second-order valence-corrected chi connectivity index (χ2v) is 9.05. The molecule has 1 saturated carbocycles. The Morgan fingerprint density at radius 1 is 1.09 bits per heavy atom. The molecule has 0 radical (unpaired) electrons. The molecule has 1 aliphatic carbocycles. The Morgan fingerprint density at radius 2 is 1.85 bits per heavy atom. The third-order valence-electron chi connectivity index (χ3n) is 6.47. The van der Waals surface area contributed by atoms with Crippen LogP contribution in [0.4, 0.5) is 5.82 Å². The lowest BCUT2D eigenvalue weighted by atomic mass is 10.1. The second-order valence-electron chi connectivity index (χ2n) is 9.05. The van der Waals surface area contributed by atoms with E-state index in [4.69, 9.17) is 4.98 Å². The summed E-state index contributed by atoms with van der Waals surface area (Å²) in [4.78, 5) is 25.6. The molecule has 6 heteroatoms. The van der Waals surface area contributed by atoms with Gasteiger partial charge in [0.05, 0.1) is 0 Å². The first-order valence-corrected chi connectivity index (χ1v) is 11.7. The van der Waals surface area contributed by atoms with Crippen molar-refractivity contribution in [2.75, 3.05) is 5.32 Å². The van der Waals surface area contributed by atoms with Gasteiger partial charge in [-0.1, -0.05) is 55.0 Å². The number of hydrogen-bond donors (Lipinski definition) is 1. The number of anilines is 1. The standard InChI is InChI=1S/C27H29N5O/c1-4-19-8-10-20(11-9-19)15-32-24-25(28-18(3)21-12-13-21)29-23(16-33)30-26(24)31-27(32)22-7-5-6-17(2)14-22/h5-11,14,16,18,21H,4,12-13,15H2,1-3H3,(H,28,29,30). The number of aldehydes is 1. The molecule has 1 unspecified atom stereocenters. The summed E-state index contributed by atoms with van der Waals surface area (Å²) in [7, 11) is 0. The number of carbonyl (C=O) groups excluding carboxylic acids is 1. The summed E-state index contributed by atoms with van der Waals surface area (Å²) in [5, 5.41) is 3.57. The number of aromatic nitrogens is 4. The molecule has 33 heavy (non-hydrogen) atoms. The van der Waals surface area contributed by atoms with Crippen molar-refractivity contribution in [3.8, 4) is 11.4 Å². The minimum atomic E-state index is 0.153. The number of imidazole rings is 1.